The molecule has 3 fully saturated rings. The first-order valence-corrected chi connectivity index (χ1v) is 16.3. The van der Waals surface area contributed by atoms with Crippen LogP contribution in [0.25, 0.3) is 0 Å². The highest BCUT2D eigenvalue weighted by molar-refractivity contribution is 5.84. The number of nitrogens with zero attached hydrogens (tertiary/aromatic N) is 2. The molecule has 0 bridgehead atoms. The van der Waals surface area contributed by atoms with Gasteiger partial charge in [-0.3, -0.25) is 15.4 Å². The summed E-state index contributed by atoms with van der Waals surface area (Å²) in [5.41, 5.74) is 0.332. The van der Waals surface area contributed by atoms with Gasteiger partial charge >= 0.3 is 6.09 Å². The van der Waals surface area contributed by atoms with Crippen LogP contribution in [0.1, 0.15) is 97.8 Å². The molecule has 242 valence electrons. The van der Waals surface area contributed by atoms with E-state index in [1.807, 2.05) is 13.8 Å². The number of benzene rings is 1. The van der Waals surface area contributed by atoms with Gasteiger partial charge in [-0.1, -0.05) is 64.7 Å². The number of nitro benzene ring substituents is 1. The van der Waals surface area contributed by atoms with Crippen LogP contribution in [-0.2, 0) is 23.7 Å². The van der Waals surface area contributed by atoms with E-state index >= 15 is 0 Å². The summed E-state index contributed by atoms with van der Waals surface area (Å²) in [5, 5.41) is 13.7. The molecule has 3 heterocycles. The Balaban J connectivity index is 1.39. The molecule has 4 atom stereocenters. The van der Waals surface area contributed by atoms with Gasteiger partial charge in [-0.15, -0.1) is 0 Å². The number of carbonyl (C=O) groups excluding carboxylic acids is 1. The summed E-state index contributed by atoms with van der Waals surface area (Å²) in [7, 11) is 0. The first-order chi connectivity index (χ1) is 20.7. The number of ether oxygens (including phenoxy) is 5. The second-order valence-electron chi connectivity index (χ2n) is 12.5. The summed E-state index contributed by atoms with van der Waals surface area (Å²) in [6.45, 7) is 9.16. The molecule has 3 aliphatic rings. The first-order valence-electron chi connectivity index (χ1n) is 16.3. The minimum atomic E-state index is -1.20. The molecule has 0 spiro atoms. The number of anilines is 1. The number of unbranched alkanes of at least 4 members (excludes halogenated alkanes) is 7. The lowest BCUT2D eigenvalue weighted by Gasteiger charge is -2.31. The Labute approximate surface area is 256 Å². The zero-order chi connectivity index (χ0) is 30.7. The third-order valence-corrected chi connectivity index (χ3v) is 8.43. The molecule has 0 radical (unpaired) electrons. The number of non-ortho nitro benzene ring substituents is 1. The van der Waals surface area contributed by atoms with Crippen molar-refractivity contribution in [1.82, 2.24) is 4.90 Å². The monoisotopic (exact) mass is 605 g/mol. The normalized spacial score (nSPS) is 27.0. The number of amides is 1. The zero-order valence-electron chi connectivity index (χ0n) is 26.2. The van der Waals surface area contributed by atoms with Gasteiger partial charge in [0.25, 0.3) is 5.69 Å². The lowest BCUT2D eigenvalue weighted by atomic mass is 10.0. The van der Waals surface area contributed by atoms with Crippen LogP contribution >= 0.6 is 0 Å². The zero-order valence-corrected chi connectivity index (χ0v) is 26.2. The Morgan fingerprint density at radius 1 is 1.00 bits per heavy atom. The quantitative estimate of drug-likeness (QED) is 0.123. The molecule has 1 aromatic rings. The van der Waals surface area contributed by atoms with Crippen LogP contribution < -0.4 is 5.32 Å². The van der Waals surface area contributed by atoms with Gasteiger partial charge in [-0.2, -0.15) is 0 Å². The van der Waals surface area contributed by atoms with E-state index in [4.69, 9.17) is 23.7 Å². The lowest BCUT2D eigenvalue weighted by Crippen LogP contribution is -2.46. The summed E-state index contributed by atoms with van der Waals surface area (Å²) in [5.74, 6) is -2.14. The molecular weight excluding hydrogens is 554 g/mol. The Bertz CT molecular complexity index is 1010. The van der Waals surface area contributed by atoms with E-state index in [9.17, 15) is 14.9 Å². The van der Waals surface area contributed by atoms with Crippen molar-refractivity contribution >= 4 is 17.5 Å². The third kappa shape index (κ3) is 9.84. The maximum atomic E-state index is 13.1. The SMILES string of the molecule is CCCCCCCCCCOC[C@@]12O[C@@H](CN3CCCCCC3)[C@@H](OC(=O)Nc3ccc([N+](=O)[O-])cc3)[C@@H]1OC(C)(C)O2. The fraction of sp³-hybridized carbons (Fsp3) is 0.781. The number of carbonyl (C=O) groups is 1. The predicted molar refractivity (Wildman–Crippen MR) is 163 cm³/mol. The van der Waals surface area contributed by atoms with Crippen molar-refractivity contribution in [3.8, 4) is 0 Å². The van der Waals surface area contributed by atoms with Crippen LogP contribution in [0.4, 0.5) is 16.2 Å². The summed E-state index contributed by atoms with van der Waals surface area (Å²) in [6, 6.07) is 5.62. The molecule has 0 unspecified atom stereocenters. The van der Waals surface area contributed by atoms with Crippen LogP contribution in [0, 0.1) is 10.1 Å². The third-order valence-electron chi connectivity index (χ3n) is 8.43. The fourth-order valence-electron chi connectivity index (χ4n) is 6.31. The van der Waals surface area contributed by atoms with Crippen molar-refractivity contribution in [2.24, 2.45) is 0 Å². The van der Waals surface area contributed by atoms with Gasteiger partial charge in [0.05, 0.1) is 4.92 Å². The topological polar surface area (TPSA) is 122 Å². The number of hydrogen-bond acceptors (Lipinski definition) is 9. The fourth-order valence-corrected chi connectivity index (χ4v) is 6.31. The maximum Gasteiger partial charge on any atom is 0.412 e. The highest BCUT2D eigenvalue weighted by atomic mass is 16.9. The van der Waals surface area contributed by atoms with Crippen molar-refractivity contribution in [2.75, 3.05) is 38.2 Å². The average Bonchev–Trinajstić information content (AvgIpc) is 3.20. The van der Waals surface area contributed by atoms with Crippen molar-refractivity contribution in [1.29, 1.82) is 0 Å². The molecule has 0 saturated carbocycles. The van der Waals surface area contributed by atoms with Gasteiger partial charge in [-0.25, -0.2) is 4.79 Å². The minimum Gasteiger partial charge on any atom is -0.440 e. The van der Waals surface area contributed by atoms with E-state index in [0.717, 1.165) is 38.8 Å². The molecule has 1 amide bonds. The number of rotatable bonds is 16. The highest BCUT2D eigenvalue weighted by Gasteiger charge is 2.66. The van der Waals surface area contributed by atoms with Crippen molar-refractivity contribution in [2.45, 2.75) is 128 Å². The predicted octanol–water partition coefficient (Wildman–Crippen LogP) is 6.79. The Hall–Kier alpha value is -2.31. The molecule has 1 N–H and O–H groups in total. The van der Waals surface area contributed by atoms with Gasteiger partial charge in [0.15, 0.2) is 18.0 Å². The van der Waals surface area contributed by atoms with Crippen LogP contribution in [0.15, 0.2) is 24.3 Å². The largest absolute Gasteiger partial charge is 0.440 e. The van der Waals surface area contributed by atoms with Gasteiger partial charge in [-0.05, 0) is 58.3 Å². The number of likely N-dealkylation sites (tertiary alicyclic amines) is 1. The molecule has 0 aliphatic carbocycles. The van der Waals surface area contributed by atoms with Gasteiger partial charge in [0.2, 0.25) is 5.79 Å². The summed E-state index contributed by atoms with van der Waals surface area (Å²) >= 11 is 0. The average molecular weight is 606 g/mol. The van der Waals surface area contributed by atoms with E-state index in [1.165, 1.54) is 75.6 Å². The molecule has 0 aromatic heterocycles. The molecule has 1 aromatic carbocycles. The smallest absolute Gasteiger partial charge is 0.412 e. The van der Waals surface area contributed by atoms with E-state index < -0.39 is 40.9 Å². The summed E-state index contributed by atoms with van der Waals surface area (Å²) in [6.07, 6.45) is 11.8. The first kappa shape index (κ1) is 33.6. The maximum absolute atomic E-state index is 13.1. The van der Waals surface area contributed by atoms with Crippen LogP contribution in [0.5, 0.6) is 0 Å². The second kappa shape index (κ2) is 16.1. The Morgan fingerprint density at radius 2 is 1.65 bits per heavy atom. The van der Waals surface area contributed by atoms with E-state index in [1.54, 1.807) is 0 Å². The molecule has 11 nitrogen and oxygen atoms in total. The molecule has 4 rings (SSSR count). The van der Waals surface area contributed by atoms with Crippen molar-refractivity contribution in [3.63, 3.8) is 0 Å². The number of fused-ring (bicyclic) bond motifs is 1. The second-order valence-corrected chi connectivity index (χ2v) is 12.5. The molecular formula is C32H51N3O8. The van der Waals surface area contributed by atoms with Gasteiger partial charge < -0.3 is 28.6 Å². The summed E-state index contributed by atoms with van der Waals surface area (Å²) in [4.78, 5) is 26.0. The Kier molecular flexibility index (Phi) is 12.6. The van der Waals surface area contributed by atoms with Crippen molar-refractivity contribution < 1.29 is 33.4 Å². The molecule has 43 heavy (non-hydrogen) atoms. The summed E-state index contributed by atoms with van der Waals surface area (Å²) < 4.78 is 31.5. The lowest BCUT2D eigenvalue weighted by molar-refractivity contribution is -0.384. The van der Waals surface area contributed by atoms with Crippen LogP contribution in [-0.4, -0.2) is 78.7 Å². The molecule has 3 aliphatic heterocycles. The van der Waals surface area contributed by atoms with E-state index in [0.29, 0.717) is 18.8 Å². The molecule has 3 saturated heterocycles. The standard InChI is InChI=1S/C32H51N3O8/c1-4-5-6-7-8-9-12-15-22-39-24-32-29(42-31(2,3)43-32)28(27(41-32)23-34-20-13-10-11-14-21-34)40-30(36)33-25-16-18-26(19-17-25)35(37)38/h16-19,27-29H,4-15,20-24H2,1-3H3,(H,33,36)/t27-,28+,29-,32-/m0/s1. The van der Waals surface area contributed by atoms with Crippen LogP contribution in [0.2, 0.25) is 0 Å². The van der Waals surface area contributed by atoms with Crippen LogP contribution in [0.3, 0.4) is 0 Å². The van der Waals surface area contributed by atoms with E-state index in [2.05, 4.69) is 17.1 Å². The highest BCUT2D eigenvalue weighted by Crippen LogP contribution is 2.47. The Morgan fingerprint density at radius 3 is 2.30 bits per heavy atom. The molecule has 11 heteroatoms. The van der Waals surface area contributed by atoms with Gasteiger partial charge in [0, 0.05) is 31.0 Å². The van der Waals surface area contributed by atoms with Crippen molar-refractivity contribution in [3.05, 3.63) is 34.4 Å². The van der Waals surface area contributed by atoms with Gasteiger partial charge in [0.1, 0.15) is 12.7 Å². The number of hydrogen-bond donors (Lipinski definition) is 1. The number of nitrogens with one attached hydrogen (secondary N) is 1. The minimum absolute atomic E-state index is 0.0592. The van der Waals surface area contributed by atoms with E-state index in [-0.39, 0.29) is 12.3 Å². The number of nitro groups is 1.